The molecule has 4 heterocycles. The Morgan fingerprint density at radius 2 is 2.36 bits per heavy atom. The van der Waals surface area contributed by atoms with E-state index in [0.717, 1.165) is 48.3 Å². The smallest absolute Gasteiger partial charge is 0.223 e. The van der Waals surface area contributed by atoms with E-state index in [4.69, 9.17) is 14.5 Å². The fourth-order valence-electron chi connectivity index (χ4n) is 3.01. The molecule has 130 valence electrons. The van der Waals surface area contributed by atoms with Crippen LogP contribution in [0, 0.1) is 0 Å². The summed E-state index contributed by atoms with van der Waals surface area (Å²) in [4.78, 5) is 9.21. The van der Waals surface area contributed by atoms with Gasteiger partial charge in [-0.15, -0.1) is 0 Å². The zero-order valence-corrected chi connectivity index (χ0v) is 14.3. The normalized spacial score (nSPS) is 18.2. The molecule has 0 radical (unpaired) electrons. The van der Waals surface area contributed by atoms with Crippen molar-refractivity contribution in [2.75, 3.05) is 26.3 Å². The second kappa shape index (κ2) is 7.21. The third kappa shape index (κ3) is 3.65. The molecule has 1 aliphatic rings. The van der Waals surface area contributed by atoms with Gasteiger partial charge in [-0.3, -0.25) is 4.98 Å². The monoisotopic (exact) mass is 338 g/mol. The number of pyridine rings is 2. The highest BCUT2D eigenvalue weighted by Crippen LogP contribution is 2.28. The lowest BCUT2D eigenvalue weighted by Gasteiger charge is -2.16. The molecule has 0 spiro atoms. The molecule has 1 aliphatic heterocycles. The first-order chi connectivity index (χ1) is 12.3. The van der Waals surface area contributed by atoms with Crippen LogP contribution in [0.25, 0.3) is 22.2 Å². The van der Waals surface area contributed by atoms with Crippen molar-refractivity contribution in [2.24, 2.45) is 7.05 Å². The highest BCUT2D eigenvalue weighted by molar-refractivity contribution is 5.86. The first-order valence-electron chi connectivity index (χ1n) is 8.63. The summed E-state index contributed by atoms with van der Waals surface area (Å²) in [6, 6.07) is 7.94. The van der Waals surface area contributed by atoms with E-state index in [9.17, 15) is 0 Å². The minimum absolute atomic E-state index is 0.0383. The van der Waals surface area contributed by atoms with Crippen molar-refractivity contribution < 1.29 is 9.47 Å². The lowest BCUT2D eigenvalue weighted by atomic mass is 10.1. The van der Waals surface area contributed by atoms with Gasteiger partial charge in [0.2, 0.25) is 5.88 Å². The Morgan fingerprint density at radius 1 is 1.40 bits per heavy atom. The Morgan fingerprint density at radius 3 is 3.24 bits per heavy atom. The minimum atomic E-state index is 0.0383. The van der Waals surface area contributed by atoms with Gasteiger partial charge in [0, 0.05) is 44.4 Å². The summed E-state index contributed by atoms with van der Waals surface area (Å²) < 4.78 is 13.9. The van der Waals surface area contributed by atoms with E-state index in [2.05, 4.69) is 10.3 Å². The van der Waals surface area contributed by atoms with Crippen LogP contribution < -0.4 is 10.1 Å². The van der Waals surface area contributed by atoms with Gasteiger partial charge in [0.25, 0.3) is 0 Å². The summed E-state index contributed by atoms with van der Waals surface area (Å²) in [5, 5.41) is 4.29. The lowest BCUT2D eigenvalue weighted by molar-refractivity contribution is 0.0317. The first kappa shape index (κ1) is 16.1. The number of rotatable bonds is 4. The highest BCUT2D eigenvalue weighted by Gasteiger charge is 2.16. The molecule has 4 rings (SSSR count). The average Bonchev–Trinajstić information content (AvgIpc) is 2.91. The van der Waals surface area contributed by atoms with Crippen LogP contribution in [0.3, 0.4) is 0 Å². The number of aromatic nitrogens is 3. The Hall–Kier alpha value is -2.44. The molecule has 0 amide bonds. The molecule has 1 unspecified atom stereocenters. The summed E-state index contributed by atoms with van der Waals surface area (Å²) >= 11 is 0. The predicted octanol–water partition coefficient (Wildman–Crippen LogP) is 2.39. The first-order valence-corrected chi connectivity index (χ1v) is 8.63. The van der Waals surface area contributed by atoms with E-state index in [1.165, 1.54) is 0 Å². The summed E-state index contributed by atoms with van der Waals surface area (Å²) in [6.45, 7) is 3.03. The van der Waals surface area contributed by atoms with Crippen LogP contribution in [-0.2, 0) is 11.8 Å². The van der Waals surface area contributed by atoms with Gasteiger partial charge in [0.15, 0.2) is 0 Å². The Labute approximate surface area is 146 Å². The van der Waals surface area contributed by atoms with Crippen molar-refractivity contribution in [3.63, 3.8) is 0 Å². The maximum absolute atomic E-state index is 6.06. The van der Waals surface area contributed by atoms with Crippen LogP contribution in [0.2, 0.25) is 0 Å². The van der Waals surface area contributed by atoms with Gasteiger partial charge < -0.3 is 19.4 Å². The topological polar surface area (TPSA) is 61.2 Å². The highest BCUT2D eigenvalue weighted by atomic mass is 16.5. The molecule has 6 heteroatoms. The van der Waals surface area contributed by atoms with Gasteiger partial charge in [0.1, 0.15) is 12.7 Å². The molecule has 1 atom stereocenters. The van der Waals surface area contributed by atoms with Gasteiger partial charge in [-0.2, -0.15) is 0 Å². The molecule has 0 bridgehead atoms. The molecular formula is C19H22N4O2. The number of nitrogens with one attached hydrogen (secondary N) is 1. The van der Waals surface area contributed by atoms with E-state index >= 15 is 0 Å². The van der Waals surface area contributed by atoms with Crippen molar-refractivity contribution in [1.29, 1.82) is 0 Å². The molecule has 6 nitrogen and oxygen atoms in total. The molecule has 3 aromatic heterocycles. The predicted molar refractivity (Wildman–Crippen MR) is 96.7 cm³/mol. The van der Waals surface area contributed by atoms with Crippen LogP contribution in [0.15, 0.2) is 42.9 Å². The third-order valence-corrected chi connectivity index (χ3v) is 4.32. The van der Waals surface area contributed by atoms with Crippen molar-refractivity contribution in [2.45, 2.75) is 12.5 Å². The third-order valence-electron chi connectivity index (χ3n) is 4.32. The number of aryl methyl sites for hydroxylation is 1. The number of ether oxygens (including phenoxy) is 2. The number of fused-ring (bicyclic) bond motifs is 1. The second-order valence-corrected chi connectivity index (χ2v) is 6.31. The number of hydrogen-bond acceptors (Lipinski definition) is 5. The lowest BCUT2D eigenvalue weighted by Crippen LogP contribution is -2.31. The molecule has 0 saturated carbocycles. The van der Waals surface area contributed by atoms with Gasteiger partial charge in [-0.25, -0.2) is 4.98 Å². The summed E-state index contributed by atoms with van der Waals surface area (Å²) in [5.74, 6) is 0.609. The SMILES string of the molecule is Cn1ccc(-c2cc3ncccc3c(OCC3CNCCCO3)n2)c1. The Bertz CT molecular complexity index is 854. The fourth-order valence-corrected chi connectivity index (χ4v) is 3.01. The van der Waals surface area contributed by atoms with E-state index < -0.39 is 0 Å². The summed E-state index contributed by atoms with van der Waals surface area (Å²) in [6.07, 6.45) is 6.91. The van der Waals surface area contributed by atoms with Crippen LogP contribution >= 0.6 is 0 Å². The molecular weight excluding hydrogens is 316 g/mol. The molecule has 1 fully saturated rings. The van der Waals surface area contributed by atoms with Crippen LogP contribution in [-0.4, -0.2) is 46.9 Å². The standard InChI is InChI=1S/C19H22N4O2/c1-23-8-5-14(12-23)17-10-18-16(4-2-7-21-18)19(22-17)25-13-15-11-20-6-3-9-24-15/h2,4-5,7-8,10,12,15,20H,3,6,9,11,13H2,1H3. The van der Waals surface area contributed by atoms with E-state index in [-0.39, 0.29) is 6.10 Å². The van der Waals surface area contributed by atoms with Gasteiger partial charge >= 0.3 is 0 Å². The molecule has 1 saturated heterocycles. The van der Waals surface area contributed by atoms with Crippen LogP contribution in [0.1, 0.15) is 6.42 Å². The summed E-state index contributed by atoms with van der Waals surface area (Å²) in [7, 11) is 2.00. The average molecular weight is 338 g/mol. The molecule has 25 heavy (non-hydrogen) atoms. The quantitative estimate of drug-likeness (QED) is 0.791. The fraction of sp³-hybridized carbons (Fsp3) is 0.368. The minimum Gasteiger partial charge on any atom is -0.474 e. The van der Waals surface area contributed by atoms with E-state index in [1.807, 2.05) is 48.3 Å². The maximum atomic E-state index is 6.06. The van der Waals surface area contributed by atoms with Crippen molar-refractivity contribution >= 4 is 10.9 Å². The van der Waals surface area contributed by atoms with Gasteiger partial charge in [-0.1, -0.05) is 0 Å². The number of nitrogens with zero attached hydrogens (tertiary/aromatic N) is 3. The largest absolute Gasteiger partial charge is 0.474 e. The maximum Gasteiger partial charge on any atom is 0.223 e. The zero-order chi connectivity index (χ0) is 17.1. The number of hydrogen-bond donors (Lipinski definition) is 1. The second-order valence-electron chi connectivity index (χ2n) is 6.31. The van der Waals surface area contributed by atoms with Crippen LogP contribution in [0.4, 0.5) is 0 Å². The molecule has 1 N–H and O–H groups in total. The van der Waals surface area contributed by atoms with E-state index in [1.54, 1.807) is 6.20 Å². The van der Waals surface area contributed by atoms with Crippen molar-refractivity contribution in [3.05, 3.63) is 42.9 Å². The Kier molecular flexibility index (Phi) is 4.63. The van der Waals surface area contributed by atoms with E-state index in [0.29, 0.717) is 12.5 Å². The summed E-state index contributed by atoms with van der Waals surface area (Å²) in [5.41, 5.74) is 2.79. The molecule has 3 aromatic rings. The Balaban J connectivity index is 1.64. The van der Waals surface area contributed by atoms with Gasteiger partial charge in [-0.05, 0) is 37.2 Å². The van der Waals surface area contributed by atoms with Crippen molar-refractivity contribution in [3.8, 4) is 17.1 Å². The zero-order valence-electron chi connectivity index (χ0n) is 14.3. The molecule has 0 aliphatic carbocycles. The molecule has 0 aromatic carbocycles. The van der Waals surface area contributed by atoms with Gasteiger partial charge in [0.05, 0.1) is 16.6 Å². The van der Waals surface area contributed by atoms with Crippen molar-refractivity contribution in [1.82, 2.24) is 19.9 Å². The van der Waals surface area contributed by atoms with Crippen LogP contribution in [0.5, 0.6) is 5.88 Å².